The van der Waals surface area contributed by atoms with E-state index in [2.05, 4.69) is 42.2 Å². The summed E-state index contributed by atoms with van der Waals surface area (Å²) in [4.78, 5) is 9.08. The molecule has 20 heavy (non-hydrogen) atoms. The van der Waals surface area contributed by atoms with Crippen LogP contribution in [0, 0.1) is 6.92 Å². The Kier molecular flexibility index (Phi) is 3.55. The van der Waals surface area contributed by atoms with Gasteiger partial charge < -0.3 is 0 Å². The number of benzene rings is 1. The molecule has 0 saturated carbocycles. The highest BCUT2D eigenvalue weighted by Gasteiger charge is 2.02. The molecule has 0 aliphatic carbocycles. The second-order valence-corrected chi connectivity index (χ2v) is 4.88. The Morgan fingerprint density at radius 1 is 0.800 bits per heavy atom. The van der Waals surface area contributed by atoms with Crippen LogP contribution in [-0.2, 0) is 6.42 Å². The first-order chi connectivity index (χ1) is 9.81. The summed E-state index contributed by atoms with van der Waals surface area (Å²) in [5.41, 5.74) is 5.51. The first kappa shape index (κ1) is 12.5. The van der Waals surface area contributed by atoms with E-state index in [0.717, 1.165) is 29.1 Å². The highest BCUT2D eigenvalue weighted by atomic mass is 14.7. The van der Waals surface area contributed by atoms with E-state index < -0.39 is 0 Å². The zero-order valence-electron chi connectivity index (χ0n) is 11.5. The molecule has 0 fully saturated rings. The molecule has 0 atom stereocenters. The second kappa shape index (κ2) is 5.66. The van der Waals surface area contributed by atoms with Crippen LogP contribution in [0.3, 0.4) is 0 Å². The van der Waals surface area contributed by atoms with Gasteiger partial charge in [-0.25, -0.2) is 0 Å². The number of hydrogen-bond donors (Lipinski definition) is 0. The zero-order valence-corrected chi connectivity index (χ0v) is 11.5. The topological polar surface area (TPSA) is 25.8 Å². The van der Waals surface area contributed by atoms with Crippen LogP contribution in [0.1, 0.15) is 17.0 Å². The van der Waals surface area contributed by atoms with E-state index in [-0.39, 0.29) is 0 Å². The van der Waals surface area contributed by atoms with Gasteiger partial charge in [0.2, 0.25) is 0 Å². The number of hydrogen-bond acceptors (Lipinski definition) is 2. The standard InChI is InChI=1S/C18H16N2/c1-14-8-10-15(11-9-14)18-7-4-6-17(20-18)13-16-5-2-3-12-19-16/h2-12H,13H2,1H3. The summed E-state index contributed by atoms with van der Waals surface area (Å²) in [6.07, 6.45) is 2.58. The third-order valence-corrected chi connectivity index (χ3v) is 3.24. The number of pyridine rings is 2. The molecule has 2 aromatic heterocycles. The van der Waals surface area contributed by atoms with E-state index in [9.17, 15) is 0 Å². The summed E-state index contributed by atoms with van der Waals surface area (Å²) < 4.78 is 0. The number of rotatable bonds is 3. The van der Waals surface area contributed by atoms with Gasteiger partial charge in [0, 0.05) is 29.6 Å². The fourth-order valence-electron chi connectivity index (χ4n) is 2.15. The maximum Gasteiger partial charge on any atom is 0.0705 e. The molecule has 0 bridgehead atoms. The van der Waals surface area contributed by atoms with E-state index in [1.54, 1.807) is 0 Å². The van der Waals surface area contributed by atoms with Crippen LogP contribution in [0.5, 0.6) is 0 Å². The summed E-state index contributed by atoms with van der Waals surface area (Å²) in [5.74, 6) is 0. The molecule has 2 nitrogen and oxygen atoms in total. The average Bonchev–Trinajstić information content (AvgIpc) is 2.49. The van der Waals surface area contributed by atoms with Gasteiger partial charge in [-0.05, 0) is 31.2 Å². The molecule has 0 unspecified atom stereocenters. The van der Waals surface area contributed by atoms with Crippen molar-refractivity contribution in [2.24, 2.45) is 0 Å². The molecule has 3 aromatic rings. The lowest BCUT2D eigenvalue weighted by Gasteiger charge is -2.05. The minimum atomic E-state index is 0.764. The predicted molar refractivity (Wildman–Crippen MR) is 81.5 cm³/mol. The Bertz CT molecular complexity index is 688. The first-order valence-electron chi connectivity index (χ1n) is 6.74. The molecule has 1 aromatic carbocycles. The maximum absolute atomic E-state index is 4.73. The van der Waals surface area contributed by atoms with Gasteiger partial charge in [-0.1, -0.05) is 42.0 Å². The van der Waals surface area contributed by atoms with Crippen molar-refractivity contribution in [1.82, 2.24) is 9.97 Å². The third kappa shape index (κ3) is 2.91. The monoisotopic (exact) mass is 260 g/mol. The van der Waals surface area contributed by atoms with Crippen LogP contribution < -0.4 is 0 Å². The molecule has 3 rings (SSSR count). The van der Waals surface area contributed by atoms with Crippen molar-refractivity contribution >= 4 is 0 Å². The predicted octanol–water partition coefficient (Wildman–Crippen LogP) is 4.04. The summed E-state index contributed by atoms with van der Waals surface area (Å²) >= 11 is 0. The van der Waals surface area contributed by atoms with Crippen molar-refractivity contribution in [3.05, 3.63) is 83.8 Å². The molecule has 0 amide bonds. The Labute approximate surface area is 119 Å². The summed E-state index contributed by atoms with van der Waals surface area (Å²) in [6.45, 7) is 2.09. The second-order valence-electron chi connectivity index (χ2n) is 4.88. The van der Waals surface area contributed by atoms with Crippen LogP contribution in [-0.4, -0.2) is 9.97 Å². The summed E-state index contributed by atoms with van der Waals surface area (Å²) in [6, 6.07) is 20.6. The number of aromatic nitrogens is 2. The zero-order chi connectivity index (χ0) is 13.8. The Balaban J connectivity index is 1.88. The minimum Gasteiger partial charge on any atom is -0.261 e. The lowest BCUT2D eigenvalue weighted by Crippen LogP contribution is -1.95. The van der Waals surface area contributed by atoms with Gasteiger partial charge in [-0.15, -0.1) is 0 Å². The summed E-state index contributed by atoms with van der Waals surface area (Å²) in [7, 11) is 0. The van der Waals surface area contributed by atoms with Gasteiger partial charge in [0.05, 0.1) is 5.69 Å². The van der Waals surface area contributed by atoms with Gasteiger partial charge in [-0.3, -0.25) is 9.97 Å². The molecule has 98 valence electrons. The van der Waals surface area contributed by atoms with Gasteiger partial charge in [0.1, 0.15) is 0 Å². The van der Waals surface area contributed by atoms with E-state index in [1.165, 1.54) is 5.56 Å². The van der Waals surface area contributed by atoms with Gasteiger partial charge in [-0.2, -0.15) is 0 Å². The van der Waals surface area contributed by atoms with Gasteiger partial charge >= 0.3 is 0 Å². The smallest absolute Gasteiger partial charge is 0.0705 e. The van der Waals surface area contributed by atoms with Crippen LogP contribution in [0.4, 0.5) is 0 Å². The number of nitrogens with zero attached hydrogens (tertiary/aromatic N) is 2. The van der Waals surface area contributed by atoms with Crippen molar-refractivity contribution < 1.29 is 0 Å². The molecule has 0 radical (unpaired) electrons. The molecule has 0 N–H and O–H groups in total. The van der Waals surface area contributed by atoms with E-state index in [0.29, 0.717) is 0 Å². The third-order valence-electron chi connectivity index (χ3n) is 3.24. The van der Waals surface area contributed by atoms with Crippen LogP contribution >= 0.6 is 0 Å². The highest BCUT2D eigenvalue weighted by Crippen LogP contribution is 2.18. The van der Waals surface area contributed by atoms with Gasteiger partial charge in [0.25, 0.3) is 0 Å². The van der Waals surface area contributed by atoms with E-state index >= 15 is 0 Å². The van der Waals surface area contributed by atoms with E-state index in [1.807, 2.05) is 36.5 Å². The highest BCUT2D eigenvalue weighted by molar-refractivity contribution is 5.59. The fourth-order valence-corrected chi connectivity index (χ4v) is 2.15. The van der Waals surface area contributed by atoms with Crippen molar-refractivity contribution in [2.75, 3.05) is 0 Å². The Morgan fingerprint density at radius 2 is 1.60 bits per heavy atom. The summed E-state index contributed by atoms with van der Waals surface area (Å²) in [5, 5.41) is 0. The number of aryl methyl sites for hydroxylation is 1. The molecule has 0 spiro atoms. The van der Waals surface area contributed by atoms with E-state index in [4.69, 9.17) is 4.98 Å². The molecule has 0 saturated heterocycles. The molecule has 2 heterocycles. The first-order valence-corrected chi connectivity index (χ1v) is 6.74. The molecular weight excluding hydrogens is 244 g/mol. The molecular formula is C18H16N2. The molecule has 0 aliphatic rings. The van der Waals surface area contributed by atoms with Crippen molar-refractivity contribution in [3.63, 3.8) is 0 Å². The maximum atomic E-state index is 4.73. The van der Waals surface area contributed by atoms with Crippen LogP contribution in [0.15, 0.2) is 66.9 Å². The molecule has 0 aliphatic heterocycles. The normalized spacial score (nSPS) is 10.4. The SMILES string of the molecule is Cc1ccc(-c2cccc(Cc3ccccn3)n2)cc1. The minimum absolute atomic E-state index is 0.764. The molecule has 2 heteroatoms. The largest absolute Gasteiger partial charge is 0.261 e. The van der Waals surface area contributed by atoms with Crippen molar-refractivity contribution in [3.8, 4) is 11.3 Å². The van der Waals surface area contributed by atoms with Crippen molar-refractivity contribution in [2.45, 2.75) is 13.3 Å². The lowest BCUT2D eigenvalue weighted by atomic mass is 10.1. The average molecular weight is 260 g/mol. The van der Waals surface area contributed by atoms with Gasteiger partial charge in [0.15, 0.2) is 0 Å². The Morgan fingerprint density at radius 3 is 2.35 bits per heavy atom. The van der Waals surface area contributed by atoms with Crippen LogP contribution in [0.25, 0.3) is 11.3 Å². The fraction of sp³-hybridized carbons (Fsp3) is 0.111. The lowest BCUT2D eigenvalue weighted by molar-refractivity contribution is 1.01. The Hall–Kier alpha value is -2.48. The van der Waals surface area contributed by atoms with Crippen molar-refractivity contribution in [1.29, 1.82) is 0 Å². The van der Waals surface area contributed by atoms with Crippen LogP contribution in [0.2, 0.25) is 0 Å². The quantitative estimate of drug-likeness (QED) is 0.710.